The van der Waals surface area contributed by atoms with Gasteiger partial charge in [0.2, 0.25) is 4.80 Å². The Labute approximate surface area is 97.6 Å². The zero-order chi connectivity index (χ0) is 11.4. The van der Waals surface area contributed by atoms with Crippen LogP contribution in [0.3, 0.4) is 0 Å². The summed E-state index contributed by atoms with van der Waals surface area (Å²) in [6.45, 7) is 2.01. The fraction of sp³-hybridized carbons (Fsp3) is 0.182. The van der Waals surface area contributed by atoms with Crippen LogP contribution in [0.25, 0.3) is 0 Å². The van der Waals surface area contributed by atoms with E-state index in [1.54, 1.807) is 37.0 Å². The molecule has 0 aliphatic heterocycles. The molecule has 0 aliphatic carbocycles. The molecule has 0 saturated carbocycles. The lowest BCUT2D eigenvalue weighted by Crippen LogP contribution is -2.11. The molecular weight excluding hydrogens is 220 g/mol. The van der Waals surface area contributed by atoms with Gasteiger partial charge in [0.1, 0.15) is 0 Å². The van der Waals surface area contributed by atoms with Gasteiger partial charge in [0, 0.05) is 30.4 Å². The second kappa shape index (κ2) is 4.85. The molecule has 16 heavy (non-hydrogen) atoms. The molecule has 0 atom stereocenters. The molecule has 2 aromatic heterocycles. The van der Waals surface area contributed by atoms with Crippen LogP contribution < -0.4 is 4.80 Å². The van der Waals surface area contributed by atoms with Gasteiger partial charge in [0.25, 0.3) is 0 Å². The SMILES string of the molecule is CN=c1scc(C)n1/N=C/c1cccnc1. The normalized spacial score (nSPS) is 12.5. The van der Waals surface area contributed by atoms with Gasteiger partial charge < -0.3 is 0 Å². The molecule has 0 N–H and O–H groups in total. The predicted molar refractivity (Wildman–Crippen MR) is 65.8 cm³/mol. The Hall–Kier alpha value is -1.75. The molecule has 0 aromatic carbocycles. The van der Waals surface area contributed by atoms with Crippen LogP contribution in [0.4, 0.5) is 0 Å². The Morgan fingerprint density at radius 1 is 1.50 bits per heavy atom. The molecule has 0 unspecified atom stereocenters. The minimum absolute atomic E-state index is 0.887. The maximum atomic E-state index is 4.38. The number of rotatable bonds is 2. The van der Waals surface area contributed by atoms with Gasteiger partial charge in [-0.05, 0) is 13.0 Å². The maximum absolute atomic E-state index is 4.38. The molecule has 4 nitrogen and oxygen atoms in total. The quantitative estimate of drug-likeness (QED) is 0.726. The lowest BCUT2D eigenvalue weighted by Gasteiger charge is -1.96. The minimum Gasteiger partial charge on any atom is -0.264 e. The Morgan fingerprint density at radius 2 is 2.38 bits per heavy atom. The summed E-state index contributed by atoms with van der Waals surface area (Å²) in [5, 5.41) is 6.41. The Balaban J connectivity index is 2.34. The second-order valence-electron chi connectivity index (χ2n) is 3.23. The Morgan fingerprint density at radius 3 is 3.06 bits per heavy atom. The topological polar surface area (TPSA) is 42.5 Å². The highest BCUT2D eigenvalue weighted by molar-refractivity contribution is 7.07. The van der Waals surface area contributed by atoms with Gasteiger partial charge in [-0.3, -0.25) is 9.98 Å². The number of aromatic nitrogens is 2. The highest BCUT2D eigenvalue weighted by Gasteiger charge is 1.97. The number of nitrogens with zero attached hydrogens (tertiary/aromatic N) is 4. The van der Waals surface area contributed by atoms with E-state index in [1.165, 1.54) is 0 Å². The van der Waals surface area contributed by atoms with Crippen molar-refractivity contribution in [3.63, 3.8) is 0 Å². The van der Waals surface area contributed by atoms with Crippen molar-refractivity contribution in [1.82, 2.24) is 9.66 Å². The highest BCUT2D eigenvalue weighted by Crippen LogP contribution is 1.99. The first-order chi connectivity index (χ1) is 7.81. The van der Waals surface area contributed by atoms with E-state index in [2.05, 4.69) is 15.1 Å². The van der Waals surface area contributed by atoms with Crippen LogP contribution in [-0.4, -0.2) is 22.9 Å². The summed E-state index contributed by atoms with van der Waals surface area (Å²) < 4.78 is 1.82. The molecule has 0 bridgehead atoms. The molecule has 0 aliphatic rings. The number of hydrogen-bond acceptors (Lipinski definition) is 4. The van der Waals surface area contributed by atoms with Crippen LogP contribution in [0.2, 0.25) is 0 Å². The average molecular weight is 232 g/mol. The monoisotopic (exact) mass is 232 g/mol. The van der Waals surface area contributed by atoms with Gasteiger partial charge in [0.15, 0.2) is 0 Å². The third-order valence-electron chi connectivity index (χ3n) is 2.05. The standard InChI is InChI=1S/C11H12N4S/c1-9-8-16-11(12-2)15(9)14-7-10-4-3-5-13-6-10/h3-8H,1-2H3/b12-11?,14-7+. The number of hydrogen-bond donors (Lipinski definition) is 0. The van der Waals surface area contributed by atoms with Crippen LogP contribution in [0.1, 0.15) is 11.3 Å². The van der Waals surface area contributed by atoms with E-state index in [1.807, 2.05) is 29.1 Å². The summed E-state index contributed by atoms with van der Waals surface area (Å²) in [5.74, 6) is 0. The summed E-state index contributed by atoms with van der Waals surface area (Å²) in [5.41, 5.74) is 2.05. The summed E-state index contributed by atoms with van der Waals surface area (Å²) in [7, 11) is 1.77. The van der Waals surface area contributed by atoms with E-state index in [4.69, 9.17) is 0 Å². The molecule has 82 valence electrons. The van der Waals surface area contributed by atoms with Crippen molar-refractivity contribution < 1.29 is 0 Å². The first kappa shape index (κ1) is 10.8. The van der Waals surface area contributed by atoms with E-state index in [9.17, 15) is 0 Å². The van der Waals surface area contributed by atoms with Crippen LogP contribution in [0, 0.1) is 6.92 Å². The van der Waals surface area contributed by atoms with Crippen molar-refractivity contribution in [3.8, 4) is 0 Å². The van der Waals surface area contributed by atoms with Crippen LogP contribution in [0.15, 0.2) is 40.0 Å². The Bertz CT molecular complexity index is 551. The van der Waals surface area contributed by atoms with Gasteiger partial charge >= 0.3 is 0 Å². The third-order valence-corrected chi connectivity index (χ3v) is 3.07. The lowest BCUT2D eigenvalue weighted by molar-refractivity contribution is 0.805. The fourth-order valence-corrected chi connectivity index (χ4v) is 2.03. The van der Waals surface area contributed by atoms with Gasteiger partial charge in [-0.2, -0.15) is 5.10 Å². The lowest BCUT2D eigenvalue weighted by atomic mass is 10.3. The number of pyridine rings is 1. The van der Waals surface area contributed by atoms with E-state index >= 15 is 0 Å². The summed E-state index contributed by atoms with van der Waals surface area (Å²) in [6.07, 6.45) is 5.29. The summed E-state index contributed by atoms with van der Waals surface area (Å²) >= 11 is 1.58. The number of thiazole rings is 1. The molecule has 2 aromatic rings. The molecule has 5 heteroatoms. The summed E-state index contributed by atoms with van der Waals surface area (Å²) in [4.78, 5) is 9.07. The van der Waals surface area contributed by atoms with Crippen molar-refractivity contribution in [1.29, 1.82) is 0 Å². The smallest absolute Gasteiger partial charge is 0.205 e. The van der Waals surface area contributed by atoms with E-state index in [0.29, 0.717) is 0 Å². The van der Waals surface area contributed by atoms with Crippen molar-refractivity contribution in [2.75, 3.05) is 7.05 Å². The Kier molecular flexibility index (Phi) is 3.26. The van der Waals surface area contributed by atoms with Gasteiger partial charge in [0.05, 0.1) is 11.9 Å². The van der Waals surface area contributed by atoms with Gasteiger partial charge in [-0.1, -0.05) is 6.07 Å². The molecule has 0 amide bonds. The highest BCUT2D eigenvalue weighted by atomic mass is 32.1. The van der Waals surface area contributed by atoms with E-state index in [-0.39, 0.29) is 0 Å². The molecule has 2 heterocycles. The third kappa shape index (κ3) is 2.25. The predicted octanol–water partition coefficient (Wildman–Crippen LogP) is 1.67. The zero-order valence-electron chi connectivity index (χ0n) is 9.16. The average Bonchev–Trinajstić information content (AvgIpc) is 2.69. The summed E-state index contributed by atoms with van der Waals surface area (Å²) in [6, 6.07) is 3.85. The van der Waals surface area contributed by atoms with E-state index < -0.39 is 0 Å². The van der Waals surface area contributed by atoms with Crippen molar-refractivity contribution in [2.24, 2.45) is 10.1 Å². The first-order valence-corrected chi connectivity index (χ1v) is 5.73. The van der Waals surface area contributed by atoms with Crippen molar-refractivity contribution in [2.45, 2.75) is 6.92 Å². The largest absolute Gasteiger partial charge is 0.264 e. The zero-order valence-corrected chi connectivity index (χ0v) is 9.98. The fourth-order valence-electron chi connectivity index (χ4n) is 1.25. The van der Waals surface area contributed by atoms with E-state index in [0.717, 1.165) is 16.1 Å². The van der Waals surface area contributed by atoms with Crippen molar-refractivity contribution in [3.05, 3.63) is 46.0 Å². The van der Waals surface area contributed by atoms with Crippen LogP contribution in [-0.2, 0) is 0 Å². The van der Waals surface area contributed by atoms with Gasteiger partial charge in [-0.15, -0.1) is 11.3 Å². The molecule has 0 fully saturated rings. The van der Waals surface area contributed by atoms with Crippen LogP contribution >= 0.6 is 11.3 Å². The molecular formula is C11H12N4S. The molecule has 2 rings (SSSR count). The minimum atomic E-state index is 0.887. The van der Waals surface area contributed by atoms with Gasteiger partial charge in [-0.25, -0.2) is 4.68 Å². The van der Waals surface area contributed by atoms with Crippen LogP contribution in [0.5, 0.6) is 0 Å². The molecule has 0 radical (unpaired) electrons. The van der Waals surface area contributed by atoms with Crippen molar-refractivity contribution >= 4 is 17.6 Å². The molecule has 0 saturated heterocycles. The second-order valence-corrected chi connectivity index (χ2v) is 4.06. The number of aryl methyl sites for hydroxylation is 1. The molecule has 0 spiro atoms. The maximum Gasteiger partial charge on any atom is 0.205 e. The first-order valence-electron chi connectivity index (χ1n) is 4.85.